The van der Waals surface area contributed by atoms with E-state index >= 15 is 0 Å². The van der Waals surface area contributed by atoms with Crippen LogP contribution in [0.15, 0.2) is 12.1 Å². The largest absolute Gasteiger partial charge is 0.444 e. The monoisotopic (exact) mass is 397 g/mol. The summed E-state index contributed by atoms with van der Waals surface area (Å²) in [4.78, 5) is 14.8. The van der Waals surface area contributed by atoms with E-state index in [1.54, 1.807) is 7.11 Å². The molecule has 156 valence electrons. The number of ether oxygens (including phenoxy) is 2. The van der Waals surface area contributed by atoms with Crippen LogP contribution in [0.4, 0.5) is 4.79 Å². The molecule has 0 spiro atoms. The first-order valence-corrected chi connectivity index (χ1v) is 10.4. The average Bonchev–Trinajstić information content (AvgIpc) is 3.38. The van der Waals surface area contributed by atoms with E-state index in [9.17, 15) is 4.79 Å². The number of carbonyl (C=O) groups is 1. The number of benzene rings is 1. The van der Waals surface area contributed by atoms with Gasteiger partial charge in [-0.3, -0.25) is 9.58 Å². The third-order valence-corrected chi connectivity index (χ3v) is 5.26. The van der Waals surface area contributed by atoms with Crippen molar-refractivity contribution < 1.29 is 14.3 Å². The summed E-state index contributed by atoms with van der Waals surface area (Å²) in [6.07, 6.45) is 2.65. The van der Waals surface area contributed by atoms with Crippen LogP contribution >= 0.6 is 0 Å². The van der Waals surface area contributed by atoms with Gasteiger partial charge >= 0.3 is 6.09 Å². The number of hydrogen-bond donors (Lipinski definition) is 0. The number of aromatic nitrogens is 2. The summed E-state index contributed by atoms with van der Waals surface area (Å²) in [6.45, 7) is 11.2. The van der Waals surface area contributed by atoms with Gasteiger partial charge in [0.25, 0.3) is 0 Å². The van der Waals surface area contributed by atoms with Gasteiger partial charge in [0.1, 0.15) is 13.4 Å². The third-order valence-electron chi connectivity index (χ3n) is 5.26. The number of hydrogen-bond acceptors (Lipinski definition) is 4. The second-order valence-electron chi connectivity index (χ2n) is 8.98. The lowest BCUT2D eigenvalue weighted by Crippen LogP contribution is -2.39. The highest BCUT2D eigenvalue weighted by Gasteiger charge is 2.38. The lowest BCUT2D eigenvalue weighted by molar-refractivity contribution is 0.0153. The predicted molar refractivity (Wildman–Crippen MR) is 116 cm³/mol. The Kier molecular flexibility index (Phi) is 6.27. The standard InChI is InChI=1S/C22H32BN3O3/c1-14-12-16(13-18-19(14)20(23)24-25(18)10-7-11-28-6)15(2)26(17-8-9-17)21(27)29-22(3,4)5/h12-13,15,17H,7-11H2,1-6H3. The van der Waals surface area contributed by atoms with E-state index in [4.69, 9.17) is 17.3 Å². The molecule has 7 heteroatoms. The van der Waals surface area contributed by atoms with Gasteiger partial charge < -0.3 is 9.47 Å². The number of amides is 1. The molecule has 0 bridgehead atoms. The van der Waals surface area contributed by atoms with Crippen LogP contribution in [0, 0.1) is 6.92 Å². The van der Waals surface area contributed by atoms with Crippen molar-refractivity contribution in [3.05, 3.63) is 23.3 Å². The summed E-state index contributed by atoms with van der Waals surface area (Å²) in [5, 5.41) is 5.51. The van der Waals surface area contributed by atoms with Crippen molar-refractivity contribution in [2.24, 2.45) is 0 Å². The molecule has 1 fully saturated rings. The highest BCUT2D eigenvalue weighted by atomic mass is 16.6. The molecule has 1 aliphatic carbocycles. The maximum absolute atomic E-state index is 12.9. The molecule has 3 rings (SSSR count). The van der Waals surface area contributed by atoms with Gasteiger partial charge in [-0.05, 0) is 71.1 Å². The van der Waals surface area contributed by atoms with Gasteiger partial charge in [0.15, 0.2) is 0 Å². The molecule has 0 aliphatic heterocycles. The Bertz CT molecular complexity index is 884. The smallest absolute Gasteiger partial charge is 0.411 e. The summed E-state index contributed by atoms with van der Waals surface area (Å²) in [7, 11) is 7.89. The number of fused-ring (bicyclic) bond motifs is 1. The summed E-state index contributed by atoms with van der Waals surface area (Å²) in [5.74, 6) is 0. The van der Waals surface area contributed by atoms with Gasteiger partial charge in [-0.1, -0.05) is 6.07 Å². The number of nitrogens with zero attached hydrogens (tertiary/aromatic N) is 3. The Morgan fingerprint density at radius 1 is 1.38 bits per heavy atom. The summed E-state index contributed by atoms with van der Waals surface area (Å²) >= 11 is 0. The van der Waals surface area contributed by atoms with Gasteiger partial charge in [0.05, 0.1) is 11.6 Å². The SMILES string of the molecule is [B]c1nn(CCCOC)c2cc(C(C)N(C(=O)OC(C)(C)C)C3CC3)cc(C)c12. The average molecular weight is 397 g/mol. The molecule has 1 unspecified atom stereocenters. The minimum absolute atomic E-state index is 0.0935. The van der Waals surface area contributed by atoms with Gasteiger partial charge in [-0.25, -0.2) is 4.79 Å². The fourth-order valence-electron chi connectivity index (χ4n) is 3.79. The molecular formula is C22H32BN3O3. The number of rotatable bonds is 7. The van der Waals surface area contributed by atoms with Crippen LogP contribution in [0.5, 0.6) is 0 Å². The number of carbonyl (C=O) groups excluding carboxylic acids is 1. The van der Waals surface area contributed by atoms with Crippen molar-refractivity contribution >= 4 is 30.4 Å². The van der Waals surface area contributed by atoms with Gasteiger partial charge in [0, 0.05) is 37.3 Å². The molecule has 2 aromatic rings. The van der Waals surface area contributed by atoms with Crippen molar-refractivity contribution in [2.45, 2.75) is 78.1 Å². The molecule has 1 aromatic heterocycles. The zero-order chi connectivity index (χ0) is 21.3. The molecule has 2 radical (unpaired) electrons. The van der Waals surface area contributed by atoms with Crippen LogP contribution in [-0.4, -0.2) is 54.0 Å². The van der Waals surface area contributed by atoms with E-state index in [2.05, 4.69) is 24.2 Å². The maximum Gasteiger partial charge on any atom is 0.411 e. The molecule has 1 amide bonds. The second-order valence-corrected chi connectivity index (χ2v) is 8.98. The van der Waals surface area contributed by atoms with Crippen LogP contribution in [0.2, 0.25) is 0 Å². The van der Waals surface area contributed by atoms with E-state index in [1.807, 2.05) is 37.3 Å². The first-order valence-electron chi connectivity index (χ1n) is 10.4. The second kappa shape index (κ2) is 8.38. The number of aryl methyl sites for hydroxylation is 2. The van der Waals surface area contributed by atoms with Crippen molar-refractivity contribution in [3.63, 3.8) is 0 Å². The topological polar surface area (TPSA) is 56.6 Å². The predicted octanol–water partition coefficient (Wildman–Crippen LogP) is 3.64. The van der Waals surface area contributed by atoms with Crippen LogP contribution in [0.1, 0.15) is 64.1 Å². The molecule has 0 saturated heterocycles. The van der Waals surface area contributed by atoms with Crippen LogP contribution in [0.25, 0.3) is 10.9 Å². The Morgan fingerprint density at radius 2 is 2.07 bits per heavy atom. The Morgan fingerprint density at radius 3 is 2.66 bits per heavy atom. The van der Waals surface area contributed by atoms with E-state index in [1.165, 1.54) is 0 Å². The zero-order valence-electron chi connectivity index (χ0n) is 18.5. The van der Waals surface area contributed by atoms with Gasteiger partial charge in [0.2, 0.25) is 0 Å². The maximum atomic E-state index is 12.9. The molecule has 1 aliphatic rings. The molecular weight excluding hydrogens is 365 g/mol. The molecule has 1 saturated carbocycles. The zero-order valence-corrected chi connectivity index (χ0v) is 18.5. The van der Waals surface area contributed by atoms with Crippen LogP contribution in [0.3, 0.4) is 0 Å². The molecule has 1 aromatic carbocycles. The number of methoxy groups -OCH3 is 1. The van der Waals surface area contributed by atoms with Crippen molar-refractivity contribution in [3.8, 4) is 0 Å². The quantitative estimate of drug-likeness (QED) is 0.529. The summed E-state index contributed by atoms with van der Waals surface area (Å²) in [5.41, 5.74) is 3.17. The Hall–Kier alpha value is -2.02. The summed E-state index contributed by atoms with van der Waals surface area (Å²) in [6, 6.07) is 4.38. The van der Waals surface area contributed by atoms with Crippen molar-refractivity contribution in [1.29, 1.82) is 0 Å². The minimum atomic E-state index is -0.516. The lowest BCUT2D eigenvalue weighted by Gasteiger charge is -2.32. The van der Waals surface area contributed by atoms with Gasteiger partial charge in [-0.2, -0.15) is 5.10 Å². The lowest BCUT2D eigenvalue weighted by atomic mass is 9.94. The highest BCUT2D eigenvalue weighted by molar-refractivity contribution is 6.37. The normalized spacial score (nSPS) is 15.5. The van der Waals surface area contributed by atoms with Crippen LogP contribution < -0.4 is 5.59 Å². The fraction of sp³-hybridized carbons (Fsp3) is 0.636. The molecule has 1 atom stereocenters. The van der Waals surface area contributed by atoms with E-state index in [0.29, 0.717) is 12.2 Å². The van der Waals surface area contributed by atoms with E-state index < -0.39 is 5.60 Å². The first-order chi connectivity index (χ1) is 13.6. The third kappa shape index (κ3) is 4.94. The Labute approximate surface area is 174 Å². The minimum Gasteiger partial charge on any atom is -0.444 e. The fourth-order valence-corrected chi connectivity index (χ4v) is 3.79. The van der Waals surface area contributed by atoms with Gasteiger partial charge in [-0.15, -0.1) is 0 Å². The molecule has 0 N–H and O–H groups in total. The van der Waals surface area contributed by atoms with E-state index in [-0.39, 0.29) is 18.2 Å². The van der Waals surface area contributed by atoms with Crippen molar-refractivity contribution in [1.82, 2.24) is 14.7 Å². The molecule has 29 heavy (non-hydrogen) atoms. The summed E-state index contributed by atoms with van der Waals surface area (Å²) < 4.78 is 12.8. The molecule has 1 heterocycles. The first kappa shape index (κ1) is 21.7. The Balaban J connectivity index is 1.94. The van der Waals surface area contributed by atoms with E-state index in [0.717, 1.165) is 47.8 Å². The van der Waals surface area contributed by atoms with Crippen molar-refractivity contribution in [2.75, 3.05) is 13.7 Å². The molecule has 6 nitrogen and oxygen atoms in total. The van der Waals surface area contributed by atoms with Crippen LogP contribution in [-0.2, 0) is 16.0 Å². The highest BCUT2D eigenvalue weighted by Crippen LogP contribution is 2.36.